The van der Waals surface area contributed by atoms with E-state index in [1.807, 2.05) is 6.07 Å². The third kappa shape index (κ3) is 3.79. The fourth-order valence-corrected chi connectivity index (χ4v) is 4.44. The molecule has 1 heterocycles. The normalized spacial score (nSPS) is 28.4. The van der Waals surface area contributed by atoms with Crippen molar-refractivity contribution in [3.63, 3.8) is 0 Å². The van der Waals surface area contributed by atoms with E-state index in [0.29, 0.717) is 6.04 Å². The molecule has 18 heavy (non-hydrogen) atoms. The lowest BCUT2D eigenvalue weighted by atomic mass is 9.83. The van der Waals surface area contributed by atoms with Crippen LogP contribution < -0.4 is 5.32 Å². The summed E-state index contributed by atoms with van der Waals surface area (Å²) in [5.41, 5.74) is 0. The van der Waals surface area contributed by atoms with Crippen LogP contribution in [0.2, 0.25) is 0 Å². The highest BCUT2D eigenvalue weighted by Gasteiger charge is 2.29. The van der Waals surface area contributed by atoms with Gasteiger partial charge in [-0.1, -0.05) is 19.8 Å². The van der Waals surface area contributed by atoms with Crippen molar-refractivity contribution >= 4 is 11.8 Å². The van der Waals surface area contributed by atoms with Gasteiger partial charge in [-0.25, -0.2) is 0 Å². The molecule has 3 atom stereocenters. The Balaban J connectivity index is 1.85. The van der Waals surface area contributed by atoms with Crippen LogP contribution in [0.3, 0.4) is 0 Å². The van der Waals surface area contributed by atoms with Crippen molar-refractivity contribution in [1.82, 2.24) is 5.32 Å². The number of nitrogens with one attached hydrogen (secondary N) is 1. The highest BCUT2D eigenvalue weighted by molar-refractivity contribution is 7.99. The van der Waals surface area contributed by atoms with Crippen molar-refractivity contribution in [2.75, 3.05) is 7.05 Å². The number of hydrogen-bond acceptors (Lipinski definition) is 3. The third-order valence-corrected chi connectivity index (χ3v) is 5.39. The van der Waals surface area contributed by atoms with Gasteiger partial charge in [-0.3, -0.25) is 0 Å². The van der Waals surface area contributed by atoms with E-state index in [0.717, 1.165) is 22.7 Å². The van der Waals surface area contributed by atoms with Gasteiger partial charge in [0.15, 0.2) is 0 Å². The number of hydrogen-bond donors (Lipinski definition) is 1. The largest absolute Gasteiger partial charge is 0.468 e. The maximum absolute atomic E-state index is 5.43. The molecule has 2 nitrogen and oxygen atoms in total. The Morgan fingerprint density at radius 1 is 1.44 bits per heavy atom. The Hall–Kier alpha value is -0.410. The second-order valence-electron chi connectivity index (χ2n) is 5.29. The van der Waals surface area contributed by atoms with Crippen LogP contribution in [0.1, 0.15) is 44.8 Å². The minimum Gasteiger partial charge on any atom is -0.468 e. The summed E-state index contributed by atoms with van der Waals surface area (Å²) in [6.45, 7) is 2.30. The van der Waals surface area contributed by atoms with E-state index in [-0.39, 0.29) is 0 Å². The molecule has 0 radical (unpaired) electrons. The van der Waals surface area contributed by atoms with E-state index in [2.05, 4.69) is 37.1 Å². The lowest BCUT2D eigenvalue weighted by Gasteiger charge is -2.35. The smallest absolute Gasteiger partial charge is 0.113 e. The number of thioether (sulfide) groups is 1. The zero-order valence-electron chi connectivity index (χ0n) is 11.5. The minimum atomic E-state index is 0.679. The van der Waals surface area contributed by atoms with Gasteiger partial charge in [-0.15, -0.1) is 11.8 Å². The first-order valence-corrected chi connectivity index (χ1v) is 8.19. The molecule has 0 amide bonds. The molecule has 1 aliphatic rings. The van der Waals surface area contributed by atoms with Crippen LogP contribution in [0.5, 0.6) is 0 Å². The summed E-state index contributed by atoms with van der Waals surface area (Å²) in [7, 11) is 2.10. The molecule has 102 valence electrons. The second-order valence-corrected chi connectivity index (χ2v) is 6.52. The van der Waals surface area contributed by atoms with Crippen LogP contribution >= 0.6 is 11.8 Å². The quantitative estimate of drug-likeness (QED) is 0.841. The molecule has 0 saturated heterocycles. The average Bonchev–Trinajstić information content (AvgIpc) is 2.90. The van der Waals surface area contributed by atoms with Crippen LogP contribution in [0.25, 0.3) is 0 Å². The first-order valence-electron chi connectivity index (χ1n) is 7.14. The van der Waals surface area contributed by atoms with Gasteiger partial charge in [0.05, 0.1) is 12.0 Å². The summed E-state index contributed by atoms with van der Waals surface area (Å²) >= 11 is 2.06. The molecule has 3 unspecified atom stereocenters. The topological polar surface area (TPSA) is 25.2 Å². The van der Waals surface area contributed by atoms with Gasteiger partial charge in [-0.05, 0) is 44.4 Å². The lowest BCUT2D eigenvalue weighted by molar-refractivity contribution is 0.295. The van der Waals surface area contributed by atoms with Gasteiger partial charge < -0.3 is 9.73 Å². The number of rotatable bonds is 6. The van der Waals surface area contributed by atoms with E-state index < -0.39 is 0 Å². The highest BCUT2D eigenvalue weighted by atomic mass is 32.2. The number of furan rings is 1. The van der Waals surface area contributed by atoms with Crippen molar-refractivity contribution in [2.45, 2.75) is 56.1 Å². The molecule has 1 aromatic rings. The molecule has 1 N–H and O–H groups in total. The van der Waals surface area contributed by atoms with Crippen LogP contribution in [-0.2, 0) is 5.75 Å². The van der Waals surface area contributed by atoms with E-state index in [4.69, 9.17) is 4.42 Å². The Morgan fingerprint density at radius 3 is 3.00 bits per heavy atom. The van der Waals surface area contributed by atoms with Crippen LogP contribution in [0.15, 0.2) is 22.8 Å². The summed E-state index contributed by atoms with van der Waals surface area (Å²) in [6, 6.07) is 4.73. The second kappa shape index (κ2) is 7.25. The van der Waals surface area contributed by atoms with Crippen molar-refractivity contribution in [3.8, 4) is 0 Å². The summed E-state index contributed by atoms with van der Waals surface area (Å²) in [5, 5.41) is 4.24. The lowest BCUT2D eigenvalue weighted by Crippen LogP contribution is -2.40. The third-order valence-electron chi connectivity index (χ3n) is 3.99. The van der Waals surface area contributed by atoms with E-state index >= 15 is 0 Å². The fourth-order valence-electron chi connectivity index (χ4n) is 2.98. The molecule has 1 fully saturated rings. The van der Waals surface area contributed by atoms with Gasteiger partial charge in [0, 0.05) is 11.3 Å². The molecule has 1 saturated carbocycles. The predicted molar refractivity (Wildman–Crippen MR) is 78.9 cm³/mol. The predicted octanol–water partition coefficient (Wildman–Crippen LogP) is 4.07. The molecule has 0 aromatic carbocycles. The summed E-state index contributed by atoms with van der Waals surface area (Å²) in [6.07, 6.45) is 8.59. The van der Waals surface area contributed by atoms with Crippen molar-refractivity contribution in [1.29, 1.82) is 0 Å². The maximum Gasteiger partial charge on any atom is 0.113 e. The summed E-state index contributed by atoms with van der Waals surface area (Å²) < 4.78 is 5.43. The van der Waals surface area contributed by atoms with Crippen LogP contribution in [-0.4, -0.2) is 18.3 Å². The first-order chi connectivity index (χ1) is 8.83. The van der Waals surface area contributed by atoms with Crippen molar-refractivity contribution in [3.05, 3.63) is 24.2 Å². The Morgan fingerprint density at radius 2 is 2.33 bits per heavy atom. The van der Waals surface area contributed by atoms with E-state index in [1.54, 1.807) is 6.26 Å². The van der Waals surface area contributed by atoms with E-state index in [1.165, 1.54) is 32.1 Å². The molecule has 0 bridgehead atoms. The van der Waals surface area contributed by atoms with E-state index in [9.17, 15) is 0 Å². The summed E-state index contributed by atoms with van der Waals surface area (Å²) in [4.78, 5) is 0. The standard InChI is InChI=1S/C15H25NOS/c1-3-5-12-7-8-14(16-2)15(10-12)18-11-13-6-4-9-17-13/h4,6,9,12,14-16H,3,5,7-8,10-11H2,1-2H3. The molecular weight excluding hydrogens is 242 g/mol. The van der Waals surface area contributed by atoms with Crippen LogP contribution in [0.4, 0.5) is 0 Å². The van der Waals surface area contributed by atoms with Gasteiger partial charge in [0.1, 0.15) is 5.76 Å². The minimum absolute atomic E-state index is 0.679. The monoisotopic (exact) mass is 267 g/mol. The first kappa shape index (κ1) is 14.0. The molecule has 3 heteroatoms. The molecular formula is C15H25NOS. The molecule has 1 aromatic heterocycles. The Labute approximate surface area is 115 Å². The molecule has 0 aliphatic heterocycles. The van der Waals surface area contributed by atoms with Gasteiger partial charge in [0.25, 0.3) is 0 Å². The van der Waals surface area contributed by atoms with Gasteiger partial charge in [-0.2, -0.15) is 0 Å². The zero-order valence-corrected chi connectivity index (χ0v) is 12.3. The van der Waals surface area contributed by atoms with Gasteiger partial charge >= 0.3 is 0 Å². The van der Waals surface area contributed by atoms with Crippen molar-refractivity contribution < 1.29 is 4.42 Å². The zero-order chi connectivity index (χ0) is 12.8. The van der Waals surface area contributed by atoms with Crippen LogP contribution in [0, 0.1) is 5.92 Å². The highest BCUT2D eigenvalue weighted by Crippen LogP contribution is 2.36. The van der Waals surface area contributed by atoms with Gasteiger partial charge in [0.2, 0.25) is 0 Å². The molecule has 2 rings (SSSR count). The Kier molecular flexibility index (Phi) is 5.64. The molecule has 0 spiro atoms. The maximum atomic E-state index is 5.43. The SMILES string of the molecule is CCCC1CCC(NC)C(SCc2ccco2)C1. The Bertz CT molecular complexity index is 325. The molecule has 1 aliphatic carbocycles. The van der Waals surface area contributed by atoms with Crippen molar-refractivity contribution in [2.24, 2.45) is 5.92 Å². The fraction of sp³-hybridized carbons (Fsp3) is 0.733. The summed E-state index contributed by atoms with van der Waals surface area (Å²) in [5.74, 6) is 3.05. The average molecular weight is 267 g/mol.